The lowest BCUT2D eigenvalue weighted by molar-refractivity contribution is 0.241. The van der Waals surface area contributed by atoms with Gasteiger partial charge in [-0.3, -0.25) is 4.72 Å². The summed E-state index contributed by atoms with van der Waals surface area (Å²) in [7, 11) is 1.83. The zero-order valence-corrected chi connectivity index (χ0v) is 21.1. The molecule has 0 atom stereocenters. The Hall–Kier alpha value is -2.31. The van der Waals surface area contributed by atoms with E-state index in [2.05, 4.69) is 45.9 Å². The number of fused-ring (bicyclic) bond motifs is 1. The number of aliphatic hydroxyl groups is 1. The number of nitrogens with zero attached hydrogens (tertiary/aromatic N) is 3. The van der Waals surface area contributed by atoms with E-state index in [1.54, 1.807) is 11.8 Å². The summed E-state index contributed by atoms with van der Waals surface area (Å²) in [6.45, 7) is 7.69. The number of nitriles is 1. The Kier molecular flexibility index (Phi) is 12.0. The average molecular weight is 485 g/mol. The van der Waals surface area contributed by atoms with E-state index in [9.17, 15) is 5.26 Å². The number of hydrogen-bond acceptors (Lipinski definition) is 8. The van der Waals surface area contributed by atoms with Crippen molar-refractivity contribution in [1.29, 1.82) is 5.26 Å². The Morgan fingerprint density at radius 3 is 2.76 bits per heavy atom. The Morgan fingerprint density at radius 1 is 1.30 bits per heavy atom. The van der Waals surface area contributed by atoms with Crippen LogP contribution in [0.5, 0.6) is 5.75 Å². The van der Waals surface area contributed by atoms with Crippen LogP contribution in [0.2, 0.25) is 0 Å². The highest BCUT2D eigenvalue weighted by atomic mass is 32.2. The van der Waals surface area contributed by atoms with Gasteiger partial charge in [-0.2, -0.15) is 10.4 Å². The molecule has 2 aromatic rings. The molecule has 0 unspecified atom stereocenters. The van der Waals surface area contributed by atoms with Crippen LogP contribution in [0, 0.1) is 11.3 Å². The minimum atomic E-state index is 0.0369. The van der Waals surface area contributed by atoms with Gasteiger partial charge in [-0.1, -0.05) is 48.0 Å². The standard InChI is InChI=1S/C22H23N3OS.C3H9NOS/c1-15(2)26-21-11-10-16(12-18(21)13-23)14-27-22(25-24-3)20-9-5-7-17-6-4-8-19(17)20;1-4-6-3-2-5/h5,7,9-12,15H,3-4,6,8,14H2,1-2H3;4-5H,2-3H2,1H3/b25-22-;. The summed E-state index contributed by atoms with van der Waals surface area (Å²) in [5.41, 5.74) is 5.56. The molecule has 0 spiro atoms. The Labute approximate surface area is 205 Å². The molecule has 0 bridgehead atoms. The number of hydrogen-bond donors (Lipinski definition) is 2. The molecule has 3 rings (SSSR count). The maximum absolute atomic E-state index is 9.42. The molecule has 0 amide bonds. The molecule has 0 saturated heterocycles. The van der Waals surface area contributed by atoms with Crippen molar-refractivity contribution in [2.45, 2.75) is 45.0 Å². The number of aryl methyl sites for hydroxylation is 1. The number of nitrogens with one attached hydrogen (secondary N) is 1. The largest absolute Gasteiger partial charge is 0.490 e. The molecule has 2 aromatic carbocycles. The number of rotatable bonds is 9. The van der Waals surface area contributed by atoms with Crippen molar-refractivity contribution >= 4 is 35.5 Å². The van der Waals surface area contributed by atoms with E-state index in [0.717, 1.165) is 34.8 Å². The second-order valence-corrected chi connectivity index (χ2v) is 9.59. The highest BCUT2D eigenvalue weighted by Gasteiger charge is 2.18. The molecule has 8 heteroatoms. The van der Waals surface area contributed by atoms with Gasteiger partial charge >= 0.3 is 0 Å². The first-order chi connectivity index (χ1) is 16.0. The van der Waals surface area contributed by atoms with Crippen LogP contribution < -0.4 is 9.46 Å². The minimum Gasteiger partial charge on any atom is -0.490 e. The lowest BCUT2D eigenvalue weighted by Gasteiger charge is -2.13. The van der Waals surface area contributed by atoms with Gasteiger partial charge in [0.2, 0.25) is 0 Å². The number of aliphatic hydroxyl groups excluding tert-OH is 1. The molecule has 0 heterocycles. The van der Waals surface area contributed by atoms with Crippen LogP contribution in [0.3, 0.4) is 0 Å². The van der Waals surface area contributed by atoms with Crippen LogP contribution in [0.1, 0.15) is 48.1 Å². The van der Waals surface area contributed by atoms with Crippen LogP contribution >= 0.6 is 23.7 Å². The molecule has 6 nitrogen and oxygen atoms in total. The van der Waals surface area contributed by atoms with Crippen LogP contribution in [0.4, 0.5) is 0 Å². The monoisotopic (exact) mass is 484 g/mol. The van der Waals surface area contributed by atoms with Gasteiger partial charge in [0.1, 0.15) is 16.9 Å². The highest BCUT2D eigenvalue weighted by Crippen LogP contribution is 2.30. The summed E-state index contributed by atoms with van der Waals surface area (Å²) in [4.78, 5) is 0. The minimum absolute atomic E-state index is 0.0369. The van der Waals surface area contributed by atoms with Gasteiger partial charge in [-0.25, -0.2) is 0 Å². The van der Waals surface area contributed by atoms with Crippen molar-refractivity contribution in [3.8, 4) is 11.8 Å². The van der Waals surface area contributed by atoms with Crippen molar-refractivity contribution in [3.05, 3.63) is 64.2 Å². The molecule has 0 aromatic heterocycles. The third-order valence-corrected chi connectivity index (χ3v) is 6.51. The van der Waals surface area contributed by atoms with E-state index in [0.29, 0.717) is 17.1 Å². The number of ether oxygens (including phenoxy) is 1. The molecule has 0 saturated carbocycles. The first-order valence-electron chi connectivity index (χ1n) is 10.9. The second-order valence-electron chi connectivity index (χ2n) is 7.52. The zero-order valence-electron chi connectivity index (χ0n) is 19.5. The second kappa shape index (κ2) is 14.8. The van der Waals surface area contributed by atoms with Crippen LogP contribution in [-0.4, -0.2) is 42.4 Å². The SMILES string of the molecule is C=N/N=C(\SCc1ccc(OC(C)C)c(C#N)c1)c1cccc2c1CCC2.CNSCCO. The van der Waals surface area contributed by atoms with Crippen molar-refractivity contribution < 1.29 is 9.84 Å². The van der Waals surface area contributed by atoms with Crippen LogP contribution in [-0.2, 0) is 18.6 Å². The summed E-state index contributed by atoms with van der Waals surface area (Å²) in [5, 5.41) is 26.5. The Bertz CT molecular complexity index is 983. The van der Waals surface area contributed by atoms with Crippen molar-refractivity contribution in [2.75, 3.05) is 19.4 Å². The molecular formula is C25H32N4O2S2. The molecule has 2 N–H and O–H groups in total. The van der Waals surface area contributed by atoms with Gasteiger partial charge in [0.05, 0.1) is 18.3 Å². The van der Waals surface area contributed by atoms with E-state index in [1.165, 1.54) is 29.5 Å². The van der Waals surface area contributed by atoms with E-state index >= 15 is 0 Å². The summed E-state index contributed by atoms with van der Waals surface area (Å²) >= 11 is 3.13. The van der Waals surface area contributed by atoms with Crippen LogP contribution in [0.15, 0.2) is 46.6 Å². The Balaban J connectivity index is 0.000000569. The molecule has 0 aliphatic heterocycles. The average Bonchev–Trinajstić information content (AvgIpc) is 3.30. The van der Waals surface area contributed by atoms with Gasteiger partial charge in [0, 0.05) is 23.8 Å². The van der Waals surface area contributed by atoms with E-state index in [1.807, 2.05) is 39.1 Å². The van der Waals surface area contributed by atoms with Gasteiger partial charge < -0.3 is 9.84 Å². The predicted molar refractivity (Wildman–Crippen MR) is 141 cm³/mol. The fraction of sp³-hybridized carbons (Fsp3) is 0.400. The Morgan fingerprint density at radius 2 is 2.12 bits per heavy atom. The van der Waals surface area contributed by atoms with Crippen LogP contribution in [0.25, 0.3) is 0 Å². The maximum Gasteiger partial charge on any atom is 0.137 e. The summed E-state index contributed by atoms with van der Waals surface area (Å²) in [6.07, 6.45) is 3.44. The van der Waals surface area contributed by atoms with Gasteiger partial charge in [0.25, 0.3) is 0 Å². The fourth-order valence-electron chi connectivity index (χ4n) is 3.46. The van der Waals surface area contributed by atoms with Gasteiger partial charge in [-0.15, -0.1) is 5.10 Å². The van der Waals surface area contributed by atoms with E-state index in [4.69, 9.17) is 9.84 Å². The first-order valence-corrected chi connectivity index (χ1v) is 12.9. The van der Waals surface area contributed by atoms with E-state index < -0.39 is 0 Å². The normalized spacial score (nSPS) is 12.5. The van der Waals surface area contributed by atoms with Crippen molar-refractivity contribution in [1.82, 2.24) is 4.72 Å². The molecule has 1 aliphatic rings. The molecule has 1 aliphatic carbocycles. The first kappa shape index (κ1) is 26.9. The summed E-state index contributed by atoms with van der Waals surface area (Å²) < 4.78 is 8.52. The smallest absolute Gasteiger partial charge is 0.137 e. The molecule has 0 radical (unpaired) electrons. The lowest BCUT2D eigenvalue weighted by atomic mass is 10.0. The van der Waals surface area contributed by atoms with Gasteiger partial charge in [-0.05, 0) is 69.0 Å². The molecule has 0 fully saturated rings. The highest BCUT2D eigenvalue weighted by molar-refractivity contribution is 8.13. The topological polar surface area (TPSA) is 90.0 Å². The van der Waals surface area contributed by atoms with E-state index in [-0.39, 0.29) is 12.7 Å². The van der Waals surface area contributed by atoms with Gasteiger partial charge in [0.15, 0.2) is 0 Å². The van der Waals surface area contributed by atoms with Crippen molar-refractivity contribution in [3.63, 3.8) is 0 Å². The molecule has 33 heavy (non-hydrogen) atoms. The maximum atomic E-state index is 9.42. The zero-order chi connectivity index (χ0) is 24.1. The molecule has 176 valence electrons. The number of thioether (sulfide) groups is 1. The lowest BCUT2D eigenvalue weighted by Crippen LogP contribution is -2.07. The predicted octanol–water partition coefficient (Wildman–Crippen LogP) is 4.98. The third-order valence-electron chi connectivity index (χ3n) is 4.78. The number of benzene rings is 2. The molecular weight excluding hydrogens is 452 g/mol. The summed E-state index contributed by atoms with van der Waals surface area (Å²) in [5.74, 6) is 2.11. The fourth-order valence-corrected chi connectivity index (χ4v) is 4.70. The van der Waals surface area contributed by atoms with Crippen molar-refractivity contribution in [2.24, 2.45) is 10.2 Å². The third kappa shape index (κ3) is 8.52. The summed E-state index contributed by atoms with van der Waals surface area (Å²) in [6, 6.07) is 14.4. The quantitative estimate of drug-likeness (QED) is 0.172.